The molecule has 0 bridgehead atoms. The molecule has 4 rings (SSSR count). The highest BCUT2D eigenvalue weighted by atomic mass is 19.1. The van der Waals surface area contributed by atoms with E-state index >= 15 is 0 Å². The van der Waals surface area contributed by atoms with Crippen molar-refractivity contribution < 1.29 is 17.6 Å². The Hall–Kier alpha value is -4.10. The van der Waals surface area contributed by atoms with E-state index in [1.807, 2.05) is 12.2 Å². The Morgan fingerprint density at radius 3 is 0.906 bits per heavy atom. The van der Waals surface area contributed by atoms with Crippen LogP contribution in [0.1, 0.15) is 22.3 Å². The maximum atomic E-state index is 12.6. The van der Waals surface area contributed by atoms with Gasteiger partial charge in [0.05, 0.1) is 0 Å². The zero-order chi connectivity index (χ0) is 22.8. The standard InChI is InChI=1S/C14H10F2.C14H8F2/c2*15-13-7-3-11(4-8-13)1-2-12-5-9-14(16)10-6-12/h1-10H;3-10H. The van der Waals surface area contributed by atoms with Gasteiger partial charge in [0.1, 0.15) is 23.3 Å². The van der Waals surface area contributed by atoms with Crippen molar-refractivity contribution >= 4 is 12.2 Å². The number of hydrogen-bond donors (Lipinski definition) is 0. The average molecular weight is 430 g/mol. The van der Waals surface area contributed by atoms with Gasteiger partial charge in [0, 0.05) is 11.1 Å². The molecule has 0 aliphatic rings. The number of benzene rings is 4. The smallest absolute Gasteiger partial charge is 0.123 e. The Morgan fingerprint density at radius 2 is 0.625 bits per heavy atom. The third-order valence-corrected chi connectivity index (χ3v) is 4.25. The molecule has 0 aromatic heterocycles. The van der Waals surface area contributed by atoms with Gasteiger partial charge in [-0.15, -0.1) is 0 Å². The van der Waals surface area contributed by atoms with Crippen LogP contribution in [0.4, 0.5) is 17.6 Å². The van der Waals surface area contributed by atoms with Gasteiger partial charge in [-0.05, 0) is 83.9 Å². The summed E-state index contributed by atoms with van der Waals surface area (Å²) in [5.41, 5.74) is 3.27. The van der Waals surface area contributed by atoms with Crippen LogP contribution < -0.4 is 0 Å². The largest absolute Gasteiger partial charge is 0.207 e. The Balaban J connectivity index is 0.000000181. The highest BCUT2D eigenvalue weighted by Gasteiger charge is 1.92. The van der Waals surface area contributed by atoms with E-state index in [2.05, 4.69) is 11.8 Å². The fourth-order valence-electron chi connectivity index (χ4n) is 2.55. The molecule has 158 valence electrons. The number of halogens is 4. The molecule has 0 N–H and O–H groups in total. The van der Waals surface area contributed by atoms with Crippen molar-refractivity contribution in [1.29, 1.82) is 0 Å². The Labute approximate surface area is 184 Å². The number of rotatable bonds is 2. The van der Waals surface area contributed by atoms with E-state index in [1.54, 1.807) is 48.5 Å². The molecule has 0 radical (unpaired) electrons. The van der Waals surface area contributed by atoms with Gasteiger partial charge < -0.3 is 0 Å². The molecular formula is C28H18F4. The molecule has 0 atom stereocenters. The van der Waals surface area contributed by atoms with E-state index < -0.39 is 0 Å². The first-order valence-electron chi connectivity index (χ1n) is 9.70. The first-order chi connectivity index (χ1) is 15.5. The van der Waals surface area contributed by atoms with Gasteiger partial charge in [-0.3, -0.25) is 0 Å². The quantitative estimate of drug-likeness (QED) is 0.175. The zero-order valence-electron chi connectivity index (χ0n) is 16.9. The fourth-order valence-corrected chi connectivity index (χ4v) is 2.55. The van der Waals surface area contributed by atoms with Crippen LogP contribution in [-0.4, -0.2) is 0 Å². The summed E-state index contributed by atoms with van der Waals surface area (Å²) in [4.78, 5) is 0. The van der Waals surface area contributed by atoms with Crippen molar-refractivity contribution in [3.8, 4) is 11.8 Å². The van der Waals surface area contributed by atoms with Gasteiger partial charge in [0.25, 0.3) is 0 Å². The van der Waals surface area contributed by atoms with E-state index in [0.717, 1.165) is 22.3 Å². The van der Waals surface area contributed by atoms with Gasteiger partial charge in [-0.1, -0.05) is 48.3 Å². The second-order valence-corrected chi connectivity index (χ2v) is 6.70. The first-order valence-corrected chi connectivity index (χ1v) is 9.70. The van der Waals surface area contributed by atoms with E-state index in [4.69, 9.17) is 0 Å². The lowest BCUT2D eigenvalue weighted by Crippen LogP contribution is -1.78. The van der Waals surface area contributed by atoms with Crippen LogP contribution in [0.5, 0.6) is 0 Å². The summed E-state index contributed by atoms with van der Waals surface area (Å²) in [6.45, 7) is 0. The molecule has 0 aliphatic carbocycles. The van der Waals surface area contributed by atoms with Crippen LogP contribution in [0.25, 0.3) is 12.2 Å². The summed E-state index contributed by atoms with van der Waals surface area (Å²) in [5, 5.41) is 0. The topological polar surface area (TPSA) is 0 Å². The van der Waals surface area contributed by atoms with Crippen molar-refractivity contribution in [3.63, 3.8) is 0 Å². The van der Waals surface area contributed by atoms with E-state index in [-0.39, 0.29) is 23.3 Å². The van der Waals surface area contributed by atoms with Crippen LogP contribution in [0.3, 0.4) is 0 Å². The highest BCUT2D eigenvalue weighted by molar-refractivity contribution is 5.69. The van der Waals surface area contributed by atoms with Crippen LogP contribution in [0.2, 0.25) is 0 Å². The molecule has 0 spiro atoms. The van der Waals surface area contributed by atoms with Gasteiger partial charge in [0.15, 0.2) is 0 Å². The maximum absolute atomic E-state index is 12.6. The van der Waals surface area contributed by atoms with E-state index in [9.17, 15) is 17.6 Å². The lowest BCUT2D eigenvalue weighted by Gasteiger charge is -1.94. The predicted molar refractivity (Wildman–Crippen MR) is 121 cm³/mol. The second-order valence-electron chi connectivity index (χ2n) is 6.70. The van der Waals surface area contributed by atoms with Crippen LogP contribution in [0.15, 0.2) is 97.1 Å². The minimum absolute atomic E-state index is 0.251. The molecule has 0 fully saturated rings. The van der Waals surface area contributed by atoms with E-state index in [1.165, 1.54) is 48.5 Å². The molecule has 4 heteroatoms. The van der Waals surface area contributed by atoms with Crippen LogP contribution in [-0.2, 0) is 0 Å². The molecule has 4 aromatic rings. The summed E-state index contributed by atoms with van der Waals surface area (Å²) < 4.78 is 50.5. The lowest BCUT2D eigenvalue weighted by molar-refractivity contribution is 0.627. The summed E-state index contributed by atoms with van der Waals surface area (Å²) in [5.74, 6) is 4.67. The molecule has 0 nitrogen and oxygen atoms in total. The van der Waals surface area contributed by atoms with Crippen molar-refractivity contribution in [2.45, 2.75) is 0 Å². The van der Waals surface area contributed by atoms with Gasteiger partial charge in [-0.25, -0.2) is 17.6 Å². The highest BCUT2D eigenvalue weighted by Crippen LogP contribution is 2.10. The molecule has 0 saturated heterocycles. The summed E-state index contributed by atoms with van der Waals surface area (Å²) in [6.07, 6.45) is 3.71. The fraction of sp³-hybridized carbons (Fsp3) is 0. The van der Waals surface area contributed by atoms with Crippen molar-refractivity contribution in [2.24, 2.45) is 0 Å². The molecule has 0 aliphatic heterocycles. The van der Waals surface area contributed by atoms with Crippen molar-refractivity contribution in [2.75, 3.05) is 0 Å². The molecule has 32 heavy (non-hydrogen) atoms. The molecule has 0 saturated carbocycles. The molecule has 0 heterocycles. The lowest BCUT2D eigenvalue weighted by atomic mass is 10.1. The molecule has 4 aromatic carbocycles. The SMILES string of the molecule is Fc1ccc(C#Cc2ccc(F)cc2)cc1.Fc1ccc(C=Cc2ccc(F)cc2)cc1. The third-order valence-electron chi connectivity index (χ3n) is 4.25. The second kappa shape index (κ2) is 11.3. The average Bonchev–Trinajstić information content (AvgIpc) is 2.81. The maximum Gasteiger partial charge on any atom is 0.123 e. The molecule has 0 unspecified atom stereocenters. The molecule has 0 amide bonds. The Bertz CT molecular complexity index is 1110. The van der Waals surface area contributed by atoms with Gasteiger partial charge in [-0.2, -0.15) is 0 Å². The summed E-state index contributed by atoms with van der Waals surface area (Å²) in [7, 11) is 0. The normalized spacial score (nSPS) is 10.1. The Morgan fingerprint density at radius 1 is 0.375 bits per heavy atom. The van der Waals surface area contributed by atoms with Crippen LogP contribution in [0, 0.1) is 35.1 Å². The summed E-state index contributed by atoms with van der Waals surface area (Å²) in [6, 6.07) is 24.2. The van der Waals surface area contributed by atoms with Crippen molar-refractivity contribution in [3.05, 3.63) is 143 Å². The van der Waals surface area contributed by atoms with Gasteiger partial charge >= 0.3 is 0 Å². The van der Waals surface area contributed by atoms with Crippen molar-refractivity contribution in [1.82, 2.24) is 0 Å². The predicted octanol–water partition coefficient (Wildman–Crippen LogP) is 7.50. The first kappa shape index (κ1) is 22.6. The molecular weight excluding hydrogens is 412 g/mol. The minimum atomic E-state index is -0.285. The van der Waals surface area contributed by atoms with Crippen LogP contribution >= 0.6 is 0 Å². The van der Waals surface area contributed by atoms with Gasteiger partial charge in [0.2, 0.25) is 0 Å². The zero-order valence-corrected chi connectivity index (χ0v) is 16.9. The monoisotopic (exact) mass is 430 g/mol. The van der Waals surface area contributed by atoms with E-state index in [0.29, 0.717) is 0 Å². The Kier molecular flexibility index (Phi) is 8.00. The minimum Gasteiger partial charge on any atom is -0.207 e. The summed E-state index contributed by atoms with van der Waals surface area (Å²) >= 11 is 0. The third kappa shape index (κ3) is 7.62. The number of hydrogen-bond acceptors (Lipinski definition) is 0.